The number of aliphatic hydroxyl groups is 4. The maximum absolute atomic E-state index is 14.3. The van der Waals surface area contributed by atoms with Gasteiger partial charge in [0.25, 0.3) is 22.2 Å². The van der Waals surface area contributed by atoms with Gasteiger partial charge in [0.15, 0.2) is 0 Å². The van der Waals surface area contributed by atoms with Crippen LogP contribution in [0.25, 0.3) is 109 Å². The highest BCUT2D eigenvalue weighted by Crippen LogP contribution is 2.37. The van der Waals surface area contributed by atoms with Crippen molar-refractivity contribution in [3.8, 4) is 28.3 Å². The number of nitrogens with zero attached hydrogens (tertiary/aromatic N) is 13. The number of hydrogen-bond donors (Lipinski definition) is 4. The first-order valence-corrected chi connectivity index (χ1v) is 45.3. The van der Waals surface area contributed by atoms with E-state index in [9.17, 15) is 48.4 Å². The lowest BCUT2D eigenvalue weighted by Gasteiger charge is -2.29. The normalized spacial score (nSPS) is 18.5. The predicted octanol–water partition coefficient (Wildman–Crippen LogP) is 15.6. The second kappa shape index (κ2) is 39.8. The number of aromatic nitrogens is 13. The molecule has 8 atom stereocenters. The van der Waals surface area contributed by atoms with Crippen molar-refractivity contribution in [2.45, 2.75) is 120 Å². The van der Waals surface area contributed by atoms with Crippen molar-refractivity contribution in [3.63, 3.8) is 0 Å². The zero-order chi connectivity index (χ0) is 92.9. The van der Waals surface area contributed by atoms with E-state index in [2.05, 4.69) is 83.0 Å². The molecule has 4 N–H and O–H groups in total. The van der Waals surface area contributed by atoms with Crippen LogP contribution in [-0.2, 0) is 44.6 Å². The molecule has 0 spiro atoms. The third kappa shape index (κ3) is 18.8. The van der Waals surface area contributed by atoms with E-state index in [0.717, 1.165) is 99.0 Å². The number of aliphatic hydroxyl groups excluding tert-OH is 4. The van der Waals surface area contributed by atoms with Gasteiger partial charge in [0, 0.05) is 96.3 Å². The molecule has 4 aliphatic rings. The maximum Gasteiger partial charge on any atom is 0.261 e. The van der Waals surface area contributed by atoms with Crippen LogP contribution in [0, 0.1) is 11.9 Å². The number of halogens is 2. The molecular formula is C107H97F2N13O13. The molecule has 9 aromatic heterocycles. The third-order valence-corrected chi connectivity index (χ3v) is 26.0. The van der Waals surface area contributed by atoms with E-state index in [1.165, 1.54) is 33.9 Å². The molecule has 0 bridgehead atoms. The number of rotatable bonds is 16. The van der Waals surface area contributed by atoms with Crippen molar-refractivity contribution in [1.82, 2.24) is 63.1 Å². The van der Waals surface area contributed by atoms with Gasteiger partial charge >= 0.3 is 0 Å². The van der Waals surface area contributed by atoms with Crippen molar-refractivity contribution in [2.24, 2.45) is 0 Å². The molecule has 28 heteroatoms. The second-order valence-corrected chi connectivity index (χ2v) is 34.8. The molecule has 22 rings (SSSR count). The lowest BCUT2D eigenvalue weighted by molar-refractivity contribution is -0.0395. The monoisotopic (exact) mass is 1810 g/mol. The van der Waals surface area contributed by atoms with E-state index >= 15 is 0 Å². The Balaban J connectivity index is 0.000000116. The summed E-state index contributed by atoms with van der Waals surface area (Å²) in [5.74, 6) is 0.0729. The average Bonchev–Trinajstić information content (AvgIpc) is 0.762. The Labute approximate surface area is 772 Å². The molecule has 0 radical (unpaired) electrons. The molecule has 9 aromatic carbocycles. The summed E-state index contributed by atoms with van der Waals surface area (Å²) < 4.78 is 60.7. The van der Waals surface area contributed by atoms with Gasteiger partial charge < -0.3 is 44.1 Å². The van der Waals surface area contributed by atoms with E-state index in [1.54, 1.807) is 65.8 Å². The molecule has 4 saturated heterocycles. The van der Waals surface area contributed by atoms with Crippen LogP contribution in [0.3, 0.4) is 0 Å². The van der Waals surface area contributed by atoms with Gasteiger partial charge in [-0.05, 0) is 208 Å². The Morgan fingerprint density at radius 2 is 0.711 bits per heavy atom. The van der Waals surface area contributed by atoms with Gasteiger partial charge in [0.1, 0.15) is 5.75 Å². The van der Waals surface area contributed by atoms with Gasteiger partial charge in [0.2, 0.25) is 11.9 Å². The molecule has 0 amide bonds. The number of methoxy groups -OCH3 is 1. The fourth-order valence-corrected chi connectivity index (χ4v) is 19.0. The molecule has 0 saturated carbocycles. The van der Waals surface area contributed by atoms with Crippen LogP contribution in [0.15, 0.2) is 282 Å². The van der Waals surface area contributed by atoms with Crippen molar-refractivity contribution < 1.29 is 52.9 Å². The third-order valence-electron chi connectivity index (χ3n) is 26.0. The first-order chi connectivity index (χ1) is 65.9. The van der Waals surface area contributed by atoms with Crippen LogP contribution < -0.4 is 27.0 Å². The molecular weight excluding hydrogens is 1710 g/mol. The van der Waals surface area contributed by atoms with Crippen molar-refractivity contribution >= 4 is 86.7 Å². The quantitative estimate of drug-likeness (QED) is 0.0516. The summed E-state index contributed by atoms with van der Waals surface area (Å²) in [6, 6.07) is 64.3. The maximum atomic E-state index is 14.3. The molecule has 26 nitrogen and oxygen atoms in total. The van der Waals surface area contributed by atoms with Crippen molar-refractivity contribution in [2.75, 3.05) is 60.0 Å². The summed E-state index contributed by atoms with van der Waals surface area (Å²) in [5, 5.41) is 51.6. The lowest BCUT2D eigenvalue weighted by atomic mass is 9.95. The number of ether oxygens (including phenoxy) is 5. The second-order valence-electron chi connectivity index (χ2n) is 34.8. The van der Waals surface area contributed by atoms with Crippen molar-refractivity contribution in [3.05, 3.63) is 366 Å². The Bertz CT molecular complexity index is 7740. The van der Waals surface area contributed by atoms with Crippen molar-refractivity contribution in [1.29, 1.82) is 0 Å². The van der Waals surface area contributed by atoms with Gasteiger partial charge in [-0.15, -0.1) is 0 Å². The fraction of sp³-hybridized carbons (Fsp3) is 0.262. The minimum atomic E-state index is -0.765. The summed E-state index contributed by atoms with van der Waals surface area (Å²) in [7, 11) is 1.65. The molecule has 4 fully saturated rings. The average molecular weight is 1810 g/mol. The van der Waals surface area contributed by atoms with Gasteiger partial charge in [-0.25, -0.2) is 29.9 Å². The standard InChI is InChI=1S/2C28H23FN4O3.C26H27N3O3.C25H24N2O4/c29-27-21(6-3-9-31-27)23-13-17(7-10-30-23)12-18-14-22-26(20-5-2-1-4-19(18)20)32-16-33(28(22)35)24-8-11-36-15-25(24)34;29-26-14-18(6-9-31-26)23-12-17(5-8-30-23)11-19-13-22-27(21-4-2-1-3-20(19)21)32-16-33(28(22)35)24-7-10-36-15-25(24)34;1-16(2)22-8-7-17(13-27-22)11-18-12-21-25(20-6-4-3-5-19(18)20)28-15-29(26(21)31)23-9-10-32-14-24(23)30;1-30-18-8-6-16(7-9-18)12-17-13-21-24(20-5-3-2-4-19(17)20)26-15-27(25(21)29)22-10-11-31-14-23(22)28/h1-7,9-10,13-14,16,24-25,34H,8,11-12,15H2;1-6,8-9,12-14,16,24-25,34H,7,10-11,15H2;3-8,12-13,15-16,23-24,30H,9-11,14H2,1-2H3;2-9,13,15,22-23,28H,10-12,14H2,1H3/t2*24-,25-;23-,24-;22-,23-/m0000/s1. The lowest BCUT2D eigenvalue weighted by Crippen LogP contribution is -2.39. The fourth-order valence-electron chi connectivity index (χ4n) is 19.0. The number of fused-ring (bicyclic) bond motifs is 12. The topological polar surface area (TPSA) is 331 Å². The van der Waals surface area contributed by atoms with Gasteiger partial charge in [-0.3, -0.25) is 52.4 Å². The largest absolute Gasteiger partial charge is 0.497 e. The Morgan fingerprint density at radius 1 is 0.356 bits per heavy atom. The zero-order valence-electron chi connectivity index (χ0n) is 74.4. The molecule has 135 heavy (non-hydrogen) atoms. The van der Waals surface area contributed by atoms with E-state index in [4.69, 9.17) is 23.7 Å². The Hall–Kier alpha value is -14.3. The van der Waals surface area contributed by atoms with Crippen LogP contribution >= 0.6 is 0 Å². The predicted molar refractivity (Wildman–Crippen MR) is 513 cm³/mol. The molecule has 13 heterocycles. The summed E-state index contributed by atoms with van der Waals surface area (Å²) >= 11 is 0. The molecule has 18 aromatic rings. The minimum Gasteiger partial charge on any atom is -0.497 e. The number of benzene rings is 9. The highest BCUT2D eigenvalue weighted by molar-refractivity contribution is 6.10. The number of hydrogen-bond acceptors (Lipinski definition) is 22. The highest BCUT2D eigenvalue weighted by Gasteiger charge is 2.33. The van der Waals surface area contributed by atoms with E-state index in [-0.39, 0.29) is 72.8 Å². The Kier molecular flexibility index (Phi) is 26.5. The van der Waals surface area contributed by atoms with Crippen LogP contribution in [-0.4, -0.2) is 168 Å². The minimum absolute atomic E-state index is 0.124. The molecule has 4 aliphatic heterocycles. The van der Waals surface area contributed by atoms with Crippen LogP contribution in [0.1, 0.15) is 120 Å². The molecule has 0 aliphatic carbocycles. The first-order valence-electron chi connectivity index (χ1n) is 45.3. The first kappa shape index (κ1) is 89.9. The van der Waals surface area contributed by atoms with Crippen LogP contribution in [0.4, 0.5) is 8.78 Å². The van der Waals surface area contributed by atoms with Gasteiger partial charge in [0.05, 0.1) is 168 Å². The smallest absolute Gasteiger partial charge is 0.261 e. The van der Waals surface area contributed by atoms with E-state index in [0.29, 0.717) is 150 Å². The van der Waals surface area contributed by atoms with Crippen LogP contribution in [0.2, 0.25) is 0 Å². The summed E-state index contributed by atoms with van der Waals surface area (Å²) in [6.45, 7) is 7.13. The highest BCUT2D eigenvalue weighted by atomic mass is 19.1. The Morgan fingerprint density at radius 3 is 1.07 bits per heavy atom. The number of pyridine rings is 5. The van der Waals surface area contributed by atoms with Gasteiger partial charge in [-0.1, -0.05) is 129 Å². The van der Waals surface area contributed by atoms with Crippen LogP contribution in [0.5, 0.6) is 5.75 Å². The van der Waals surface area contributed by atoms with Gasteiger partial charge in [-0.2, -0.15) is 8.78 Å². The van der Waals surface area contributed by atoms with E-state index < -0.39 is 36.3 Å². The summed E-state index contributed by atoms with van der Waals surface area (Å²) in [6.07, 6.45) is 16.1. The molecule has 682 valence electrons. The summed E-state index contributed by atoms with van der Waals surface area (Å²) in [4.78, 5) is 93.5. The van der Waals surface area contributed by atoms with E-state index in [1.807, 2.05) is 164 Å². The SMILES string of the molecule is CC(C)c1ccc(Cc2cc3c(=O)n([C@H]4CCOC[C@@H]4O)cnc3c3ccccc23)cn1.COc1ccc(Cc2cc3c(=O)n([C@H]4CCOC[C@@H]4O)cnc3c3ccccc23)cc1.O=c1c2cc(Cc3ccnc(-c4cccnc4F)c3)c3ccccc3c2ncn1[C@H]1CCOC[C@@H]1O.O=c1c2cc(Cc3ccnc(-c4ccnc(F)c4)c3)c3ccccc3c2ncn1[C@H]1CCOC[C@@H]1O. The molecule has 0 unspecified atom stereocenters. The zero-order valence-corrected chi connectivity index (χ0v) is 74.4. The summed E-state index contributed by atoms with van der Waals surface area (Å²) in [5.41, 5.74) is 13.4.